The van der Waals surface area contributed by atoms with Crippen LogP contribution in [0.3, 0.4) is 0 Å². The highest BCUT2D eigenvalue weighted by molar-refractivity contribution is 5.83. The van der Waals surface area contributed by atoms with Crippen molar-refractivity contribution in [2.45, 2.75) is 58.7 Å². The standard InChI is InChI=1S/C20H31N3O2/c1-5-16-13-23(15(4)24)12-11-18(16)22-19(20(25)21-14(2)3)17-9-7-6-8-10-17/h6-10,14,16,18-19,22H,5,11-13H2,1-4H3,(H,21,25)/t16-,18-,19-/m1/s1. The Hall–Kier alpha value is -1.88. The first-order chi connectivity index (χ1) is 11.9. The SMILES string of the molecule is CC[C@@H]1CN(C(C)=O)CC[C@H]1N[C@@H](C(=O)NC(C)C)c1ccccc1. The van der Waals surface area contributed by atoms with Crippen LogP contribution in [0.4, 0.5) is 0 Å². The second-order valence-corrected chi connectivity index (χ2v) is 7.20. The molecule has 0 saturated carbocycles. The molecule has 138 valence electrons. The average Bonchev–Trinajstić information content (AvgIpc) is 2.59. The van der Waals surface area contributed by atoms with Gasteiger partial charge in [-0.25, -0.2) is 0 Å². The molecule has 0 spiro atoms. The molecule has 1 heterocycles. The zero-order valence-electron chi connectivity index (χ0n) is 15.8. The van der Waals surface area contributed by atoms with E-state index in [9.17, 15) is 9.59 Å². The Morgan fingerprint density at radius 2 is 1.92 bits per heavy atom. The van der Waals surface area contributed by atoms with Crippen LogP contribution in [0.5, 0.6) is 0 Å². The van der Waals surface area contributed by atoms with E-state index in [0.29, 0.717) is 5.92 Å². The Labute approximate surface area is 151 Å². The van der Waals surface area contributed by atoms with E-state index in [1.54, 1.807) is 6.92 Å². The van der Waals surface area contributed by atoms with E-state index in [1.807, 2.05) is 49.1 Å². The fourth-order valence-electron chi connectivity index (χ4n) is 3.50. The number of rotatable bonds is 6. The smallest absolute Gasteiger partial charge is 0.241 e. The third-order valence-corrected chi connectivity index (χ3v) is 4.91. The number of carbonyl (C=O) groups excluding carboxylic acids is 2. The zero-order valence-corrected chi connectivity index (χ0v) is 15.8. The fourth-order valence-corrected chi connectivity index (χ4v) is 3.50. The van der Waals surface area contributed by atoms with Crippen LogP contribution in [-0.2, 0) is 9.59 Å². The number of nitrogens with one attached hydrogen (secondary N) is 2. The van der Waals surface area contributed by atoms with E-state index in [1.165, 1.54) is 0 Å². The average molecular weight is 345 g/mol. The lowest BCUT2D eigenvalue weighted by molar-refractivity contribution is -0.131. The third-order valence-electron chi connectivity index (χ3n) is 4.91. The quantitative estimate of drug-likeness (QED) is 0.833. The summed E-state index contributed by atoms with van der Waals surface area (Å²) in [4.78, 5) is 26.4. The molecular formula is C20H31N3O2. The number of piperidine rings is 1. The molecule has 0 aromatic heterocycles. The van der Waals surface area contributed by atoms with Gasteiger partial charge in [-0.15, -0.1) is 0 Å². The molecule has 2 rings (SSSR count). The number of hydrogen-bond donors (Lipinski definition) is 2. The second kappa shape index (κ2) is 8.99. The molecule has 1 aliphatic heterocycles. The van der Waals surface area contributed by atoms with Crippen molar-refractivity contribution >= 4 is 11.8 Å². The molecular weight excluding hydrogens is 314 g/mol. The monoisotopic (exact) mass is 345 g/mol. The van der Waals surface area contributed by atoms with Crippen molar-refractivity contribution in [2.24, 2.45) is 5.92 Å². The second-order valence-electron chi connectivity index (χ2n) is 7.20. The first-order valence-electron chi connectivity index (χ1n) is 9.29. The normalized spacial score (nSPS) is 21.9. The zero-order chi connectivity index (χ0) is 18.4. The van der Waals surface area contributed by atoms with Crippen molar-refractivity contribution in [3.05, 3.63) is 35.9 Å². The Kier molecular flexibility index (Phi) is 7.00. The predicted octanol–water partition coefficient (Wildman–Crippen LogP) is 2.49. The molecule has 0 radical (unpaired) electrons. The van der Waals surface area contributed by atoms with E-state index >= 15 is 0 Å². The van der Waals surface area contributed by atoms with Gasteiger partial charge in [-0.05, 0) is 31.7 Å². The van der Waals surface area contributed by atoms with Crippen LogP contribution >= 0.6 is 0 Å². The van der Waals surface area contributed by atoms with Gasteiger partial charge in [0.2, 0.25) is 11.8 Å². The lowest BCUT2D eigenvalue weighted by atomic mass is 9.88. The van der Waals surface area contributed by atoms with Gasteiger partial charge in [-0.3, -0.25) is 14.9 Å². The number of carbonyl (C=O) groups is 2. The molecule has 1 saturated heterocycles. The molecule has 5 heteroatoms. The van der Waals surface area contributed by atoms with Crippen molar-refractivity contribution in [1.82, 2.24) is 15.5 Å². The Morgan fingerprint density at radius 1 is 1.24 bits per heavy atom. The minimum atomic E-state index is -0.369. The van der Waals surface area contributed by atoms with Crippen molar-refractivity contribution in [1.29, 1.82) is 0 Å². The fraction of sp³-hybridized carbons (Fsp3) is 0.600. The van der Waals surface area contributed by atoms with Gasteiger partial charge >= 0.3 is 0 Å². The molecule has 0 unspecified atom stereocenters. The van der Waals surface area contributed by atoms with Gasteiger partial charge in [-0.1, -0.05) is 43.7 Å². The first kappa shape index (κ1) is 19.4. The maximum atomic E-state index is 12.8. The maximum Gasteiger partial charge on any atom is 0.241 e. The number of amides is 2. The molecule has 2 amide bonds. The summed E-state index contributed by atoms with van der Waals surface area (Å²) in [6.07, 6.45) is 1.85. The van der Waals surface area contributed by atoms with Crippen LogP contribution in [0.25, 0.3) is 0 Å². The number of likely N-dealkylation sites (tertiary alicyclic amines) is 1. The van der Waals surface area contributed by atoms with Crippen LogP contribution < -0.4 is 10.6 Å². The van der Waals surface area contributed by atoms with E-state index < -0.39 is 0 Å². The molecule has 2 N–H and O–H groups in total. The van der Waals surface area contributed by atoms with Crippen LogP contribution in [0.2, 0.25) is 0 Å². The summed E-state index contributed by atoms with van der Waals surface area (Å²) in [5, 5.41) is 6.61. The van der Waals surface area contributed by atoms with Crippen LogP contribution in [0.1, 0.15) is 52.1 Å². The van der Waals surface area contributed by atoms with E-state index in [-0.39, 0.29) is 29.9 Å². The summed E-state index contributed by atoms with van der Waals surface area (Å²) in [5.41, 5.74) is 0.976. The van der Waals surface area contributed by atoms with Gasteiger partial charge in [0.1, 0.15) is 6.04 Å². The van der Waals surface area contributed by atoms with Gasteiger partial charge in [0.25, 0.3) is 0 Å². The Morgan fingerprint density at radius 3 is 2.48 bits per heavy atom. The lowest BCUT2D eigenvalue weighted by Crippen LogP contribution is -2.53. The van der Waals surface area contributed by atoms with Crippen LogP contribution in [0.15, 0.2) is 30.3 Å². The van der Waals surface area contributed by atoms with Crippen LogP contribution in [-0.4, -0.2) is 41.9 Å². The summed E-state index contributed by atoms with van der Waals surface area (Å²) < 4.78 is 0. The van der Waals surface area contributed by atoms with E-state index in [2.05, 4.69) is 17.6 Å². The van der Waals surface area contributed by atoms with Crippen LogP contribution in [0, 0.1) is 5.92 Å². The van der Waals surface area contributed by atoms with Crippen molar-refractivity contribution in [3.8, 4) is 0 Å². The third kappa shape index (κ3) is 5.30. The molecule has 1 aliphatic rings. The van der Waals surface area contributed by atoms with Crippen molar-refractivity contribution < 1.29 is 9.59 Å². The highest BCUT2D eigenvalue weighted by Crippen LogP contribution is 2.24. The summed E-state index contributed by atoms with van der Waals surface area (Å²) in [6.45, 7) is 9.23. The Balaban J connectivity index is 2.15. The lowest BCUT2D eigenvalue weighted by Gasteiger charge is -2.40. The van der Waals surface area contributed by atoms with Crippen molar-refractivity contribution in [2.75, 3.05) is 13.1 Å². The largest absolute Gasteiger partial charge is 0.352 e. The molecule has 25 heavy (non-hydrogen) atoms. The highest BCUT2D eigenvalue weighted by Gasteiger charge is 2.32. The topological polar surface area (TPSA) is 61.4 Å². The molecule has 1 fully saturated rings. The molecule has 1 aromatic carbocycles. The minimum Gasteiger partial charge on any atom is -0.352 e. The number of benzene rings is 1. The molecule has 3 atom stereocenters. The highest BCUT2D eigenvalue weighted by atomic mass is 16.2. The molecule has 5 nitrogen and oxygen atoms in total. The van der Waals surface area contributed by atoms with Gasteiger partial charge in [0.05, 0.1) is 0 Å². The molecule has 0 aliphatic carbocycles. The van der Waals surface area contributed by atoms with Gasteiger partial charge < -0.3 is 10.2 Å². The van der Waals surface area contributed by atoms with Crippen molar-refractivity contribution in [3.63, 3.8) is 0 Å². The number of hydrogen-bond acceptors (Lipinski definition) is 3. The van der Waals surface area contributed by atoms with Gasteiger partial charge in [0, 0.05) is 32.1 Å². The van der Waals surface area contributed by atoms with E-state index in [4.69, 9.17) is 0 Å². The first-order valence-corrected chi connectivity index (χ1v) is 9.29. The summed E-state index contributed by atoms with van der Waals surface area (Å²) >= 11 is 0. The van der Waals surface area contributed by atoms with Gasteiger partial charge in [0.15, 0.2) is 0 Å². The predicted molar refractivity (Wildman–Crippen MR) is 100 cm³/mol. The van der Waals surface area contributed by atoms with E-state index in [0.717, 1.165) is 31.5 Å². The summed E-state index contributed by atoms with van der Waals surface area (Å²) in [6, 6.07) is 9.82. The summed E-state index contributed by atoms with van der Waals surface area (Å²) in [5.74, 6) is 0.495. The summed E-state index contributed by atoms with van der Waals surface area (Å²) in [7, 11) is 0. The molecule has 0 bridgehead atoms. The van der Waals surface area contributed by atoms with Gasteiger partial charge in [-0.2, -0.15) is 0 Å². The molecule has 1 aromatic rings. The minimum absolute atomic E-state index is 0.00468. The number of nitrogens with zero attached hydrogens (tertiary/aromatic N) is 1. The maximum absolute atomic E-state index is 12.8. The Bertz CT molecular complexity index is 574.